The molecule has 0 aliphatic carbocycles. The van der Waals surface area contributed by atoms with E-state index in [4.69, 9.17) is 9.40 Å². The van der Waals surface area contributed by atoms with E-state index in [0.29, 0.717) is 28.0 Å². The van der Waals surface area contributed by atoms with E-state index in [0.717, 1.165) is 5.56 Å². The van der Waals surface area contributed by atoms with Gasteiger partial charge in [-0.1, -0.05) is 54.6 Å². The zero-order valence-corrected chi connectivity index (χ0v) is 19.2. The van der Waals surface area contributed by atoms with Crippen LogP contribution in [-0.4, -0.2) is 24.7 Å². The Bertz CT molecular complexity index is 1830. The molecule has 0 amide bonds. The van der Waals surface area contributed by atoms with Crippen LogP contribution in [0.25, 0.3) is 50.9 Å². The molecule has 0 N–H and O–H groups in total. The van der Waals surface area contributed by atoms with Crippen LogP contribution in [0.2, 0.25) is 0 Å². The van der Waals surface area contributed by atoms with E-state index >= 15 is 0 Å². The number of hydrogen-bond donors (Lipinski definition) is 0. The molecule has 0 unspecified atom stereocenters. The van der Waals surface area contributed by atoms with Crippen molar-refractivity contribution in [3.8, 4) is 40.0 Å². The van der Waals surface area contributed by atoms with Gasteiger partial charge in [-0.25, -0.2) is 4.98 Å². The second-order valence-electron chi connectivity index (χ2n) is 8.19. The molecule has 9 heteroatoms. The fourth-order valence-electron chi connectivity index (χ4n) is 4.17. The Balaban J connectivity index is 1.43. The van der Waals surface area contributed by atoms with Crippen molar-refractivity contribution in [1.29, 1.82) is 0 Å². The Hall–Kier alpha value is -5.44. The zero-order chi connectivity index (χ0) is 25.4. The molecule has 2 aromatic heterocycles. The maximum atomic E-state index is 13.6. The van der Waals surface area contributed by atoms with E-state index < -0.39 is 4.92 Å². The summed E-state index contributed by atoms with van der Waals surface area (Å²) in [5, 5.41) is 19.9. The summed E-state index contributed by atoms with van der Waals surface area (Å²) < 4.78 is 7.34. The molecule has 0 radical (unpaired) electrons. The van der Waals surface area contributed by atoms with Gasteiger partial charge in [0.15, 0.2) is 0 Å². The highest BCUT2D eigenvalue weighted by Gasteiger charge is 2.20. The minimum atomic E-state index is -0.492. The van der Waals surface area contributed by atoms with Crippen LogP contribution in [0.15, 0.2) is 112 Å². The quantitative estimate of drug-likeness (QED) is 0.227. The van der Waals surface area contributed by atoms with Gasteiger partial charge in [-0.2, -0.15) is 0 Å². The van der Waals surface area contributed by atoms with Crippen molar-refractivity contribution in [2.24, 2.45) is 0 Å². The Morgan fingerprint density at radius 3 is 2.19 bits per heavy atom. The van der Waals surface area contributed by atoms with Crippen molar-refractivity contribution in [3.63, 3.8) is 0 Å². The molecule has 0 aliphatic heterocycles. The van der Waals surface area contributed by atoms with E-state index in [-0.39, 0.29) is 28.6 Å². The van der Waals surface area contributed by atoms with Crippen LogP contribution < -0.4 is 5.56 Å². The molecule has 178 valence electrons. The average Bonchev–Trinajstić information content (AvgIpc) is 3.44. The van der Waals surface area contributed by atoms with E-state index in [1.807, 2.05) is 48.5 Å². The molecule has 6 aromatic rings. The molecular weight excluding hydrogens is 470 g/mol. The van der Waals surface area contributed by atoms with Crippen molar-refractivity contribution >= 4 is 16.6 Å². The van der Waals surface area contributed by atoms with Crippen molar-refractivity contribution < 1.29 is 9.34 Å². The summed E-state index contributed by atoms with van der Waals surface area (Å²) in [6, 6.07) is 30.0. The normalized spacial score (nSPS) is 11.0. The lowest BCUT2D eigenvalue weighted by Crippen LogP contribution is -2.21. The van der Waals surface area contributed by atoms with Gasteiger partial charge >= 0.3 is 0 Å². The van der Waals surface area contributed by atoms with E-state index in [2.05, 4.69) is 10.2 Å². The first kappa shape index (κ1) is 22.1. The second-order valence-corrected chi connectivity index (χ2v) is 8.19. The van der Waals surface area contributed by atoms with E-state index in [1.165, 1.54) is 6.07 Å². The van der Waals surface area contributed by atoms with Crippen LogP contribution >= 0.6 is 0 Å². The highest BCUT2D eigenvalue weighted by atomic mass is 16.6. The first-order chi connectivity index (χ1) is 18.1. The number of nitro groups is 1. The molecule has 2 heterocycles. The number of fused-ring (bicyclic) bond motifs is 1. The van der Waals surface area contributed by atoms with Gasteiger partial charge < -0.3 is 4.42 Å². The number of nitro benzene ring substituents is 1. The van der Waals surface area contributed by atoms with Gasteiger partial charge in [-0.15, -0.1) is 10.2 Å². The fourth-order valence-corrected chi connectivity index (χ4v) is 4.17. The van der Waals surface area contributed by atoms with Crippen molar-refractivity contribution in [1.82, 2.24) is 19.7 Å². The van der Waals surface area contributed by atoms with Crippen molar-refractivity contribution in [3.05, 3.63) is 124 Å². The minimum Gasteiger partial charge on any atom is -0.416 e. The number of hydrogen-bond acceptors (Lipinski definition) is 7. The zero-order valence-electron chi connectivity index (χ0n) is 19.2. The predicted octanol–water partition coefficient (Wildman–Crippen LogP) is 5.68. The van der Waals surface area contributed by atoms with Crippen molar-refractivity contribution in [2.75, 3.05) is 0 Å². The number of nitrogens with zero attached hydrogens (tertiary/aromatic N) is 5. The van der Waals surface area contributed by atoms with Crippen LogP contribution in [0.4, 0.5) is 5.69 Å². The maximum Gasteiger partial charge on any atom is 0.282 e. The third-order valence-electron chi connectivity index (χ3n) is 5.94. The Labute approximate surface area is 209 Å². The second kappa shape index (κ2) is 8.97. The Kier molecular flexibility index (Phi) is 5.35. The average molecular weight is 487 g/mol. The Morgan fingerprint density at radius 2 is 1.41 bits per heavy atom. The molecule has 0 saturated carbocycles. The molecular formula is C28H17N5O4. The van der Waals surface area contributed by atoms with E-state index in [1.54, 1.807) is 53.1 Å². The van der Waals surface area contributed by atoms with Crippen LogP contribution in [-0.2, 0) is 0 Å². The van der Waals surface area contributed by atoms with Crippen molar-refractivity contribution in [2.45, 2.75) is 0 Å². The van der Waals surface area contributed by atoms with Gasteiger partial charge in [-0.05, 0) is 42.5 Å². The van der Waals surface area contributed by atoms with Gasteiger partial charge in [0, 0.05) is 17.2 Å². The summed E-state index contributed by atoms with van der Waals surface area (Å²) in [5.74, 6) is 0.771. The largest absolute Gasteiger partial charge is 0.416 e. The third kappa shape index (κ3) is 3.94. The molecule has 0 aliphatic rings. The molecule has 0 fully saturated rings. The van der Waals surface area contributed by atoms with Crippen LogP contribution in [0.1, 0.15) is 0 Å². The molecule has 37 heavy (non-hydrogen) atoms. The molecule has 4 aromatic carbocycles. The van der Waals surface area contributed by atoms with Gasteiger partial charge in [0.25, 0.3) is 17.1 Å². The van der Waals surface area contributed by atoms with Gasteiger partial charge in [0.1, 0.15) is 11.4 Å². The highest BCUT2D eigenvalue weighted by Crippen LogP contribution is 2.31. The topological polar surface area (TPSA) is 117 Å². The van der Waals surface area contributed by atoms with Crippen LogP contribution in [0.5, 0.6) is 0 Å². The summed E-state index contributed by atoms with van der Waals surface area (Å²) in [4.78, 5) is 29.2. The third-order valence-corrected chi connectivity index (χ3v) is 5.94. The number of benzene rings is 4. The standard InChI is InChI=1S/C28H17N5O4/c34-28-21-10-4-6-12-23(21)29-25(18-8-2-1-3-9-18)32(28)20-16-14-19(15-17-20)26-30-31-27(37-26)22-11-5-7-13-24(22)33(35)36/h1-17H. The minimum absolute atomic E-state index is 0.0488. The molecule has 6 rings (SSSR count). The summed E-state index contributed by atoms with van der Waals surface area (Å²) in [5.41, 5.74) is 2.57. The first-order valence-corrected chi connectivity index (χ1v) is 11.4. The Morgan fingerprint density at radius 1 is 0.730 bits per heavy atom. The maximum absolute atomic E-state index is 13.6. The van der Waals surface area contributed by atoms with Gasteiger partial charge in [-0.3, -0.25) is 19.5 Å². The number of aromatic nitrogens is 4. The summed E-state index contributed by atoms with van der Waals surface area (Å²) in [6.07, 6.45) is 0. The lowest BCUT2D eigenvalue weighted by Gasteiger charge is -2.14. The summed E-state index contributed by atoms with van der Waals surface area (Å²) in [6.45, 7) is 0. The van der Waals surface area contributed by atoms with Gasteiger partial charge in [0.05, 0.1) is 21.5 Å². The lowest BCUT2D eigenvalue weighted by atomic mass is 10.1. The fraction of sp³-hybridized carbons (Fsp3) is 0. The number of rotatable bonds is 5. The molecule has 0 spiro atoms. The first-order valence-electron chi connectivity index (χ1n) is 11.4. The SMILES string of the molecule is O=c1c2ccccc2nc(-c2ccccc2)n1-c1ccc(-c2nnc(-c3ccccc3[N+](=O)[O-])o2)cc1. The number of para-hydroxylation sites is 2. The monoisotopic (exact) mass is 487 g/mol. The molecule has 0 atom stereocenters. The smallest absolute Gasteiger partial charge is 0.282 e. The van der Waals surface area contributed by atoms with Crippen LogP contribution in [0, 0.1) is 10.1 Å². The highest BCUT2D eigenvalue weighted by molar-refractivity contribution is 5.80. The summed E-state index contributed by atoms with van der Waals surface area (Å²) >= 11 is 0. The molecule has 9 nitrogen and oxygen atoms in total. The molecule has 0 bridgehead atoms. The van der Waals surface area contributed by atoms with E-state index in [9.17, 15) is 14.9 Å². The molecule has 0 saturated heterocycles. The van der Waals surface area contributed by atoms with Crippen LogP contribution in [0.3, 0.4) is 0 Å². The lowest BCUT2D eigenvalue weighted by molar-refractivity contribution is -0.384. The van der Waals surface area contributed by atoms with Gasteiger partial charge in [0.2, 0.25) is 5.89 Å². The summed E-state index contributed by atoms with van der Waals surface area (Å²) in [7, 11) is 0. The predicted molar refractivity (Wildman–Crippen MR) is 138 cm³/mol.